The molecule has 3 N–H and O–H groups in total. The molecule has 2 rings (SSSR count). The van der Waals surface area contributed by atoms with E-state index in [1.165, 1.54) is 11.3 Å². The van der Waals surface area contributed by atoms with Gasteiger partial charge in [-0.15, -0.1) is 11.3 Å². The van der Waals surface area contributed by atoms with Crippen molar-refractivity contribution in [1.82, 2.24) is 10.3 Å². The molecule has 5 heteroatoms. The number of aromatic nitrogens is 1. The van der Waals surface area contributed by atoms with E-state index < -0.39 is 0 Å². The Labute approximate surface area is 129 Å². The molecule has 21 heavy (non-hydrogen) atoms. The van der Waals surface area contributed by atoms with Gasteiger partial charge in [-0.25, -0.2) is 4.98 Å². The van der Waals surface area contributed by atoms with Crippen molar-refractivity contribution in [3.63, 3.8) is 0 Å². The molecule has 0 unspecified atom stereocenters. The molecule has 1 heterocycles. The molecule has 112 valence electrons. The number of thiazole rings is 1. The Balaban J connectivity index is 1.94. The summed E-state index contributed by atoms with van der Waals surface area (Å²) >= 11 is 1.39. The summed E-state index contributed by atoms with van der Waals surface area (Å²) in [7, 11) is 0. The Morgan fingerprint density at radius 3 is 2.57 bits per heavy atom. The molecular weight excluding hydrogens is 282 g/mol. The number of benzene rings is 1. The van der Waals surface area contributed by atoms with Gasteiger partial charge in [0.1, 0.15) is 4.88 Å². The van der Waals surface area contributed by atoms with Gasteiger partial charge >= 0.3 is 0 Å². The van der Waals surface area contributed by atoms with E-state index >= 15 is 0 Å². The molecule has 0 aliphatic heterocycles. The van der Waals surface area contributed by atoms with Gasteiger partial charge in [-0.3, -0.25) is 4.79 Å². The molecular formula is C16H21N3OS. The molecule has 0 aliphatic rings. The number of nitrogens with zero attached hydrogens (tertiary/aromatic N) is 1. The van der Waals surface area contributed by atoms with Gasteiger partial charge in [-0.05, 0) is 24.1 Å². The maximum atomic E-state index is 12.3. The Morgan fingerprint density at radius 1 is 1.29 bits per heavy atom. The normalized spacial score (nSPS) is 11.4. The van der Waals surface area contributed by atoms with Crippen LogP contribution in [0.1, 0.15) is 41.7 Å². The molecule has 0 radical (unpaired) electrons. The molecule has 0 saturated carbocycles. The number of carbonyl (C=O) groups is 1. The molecule has 1 amide bonds. The van der Waals surface area contributed by atoms with Crippen LogP contribution < -0.4 is 11.1 Å². The minimum Gasteiger partial charge on any atom is -0.399 e. The first-order valence-electron chi connectivity index (χ1n) is 6.94. The highest BCUT2D eigenvalue weighted by Crippen LogP contribution is 2.26. The van der Waals surface area contributed by atoms with Crippen LogP contribution in [0.25, 0.3) is 0 Å². The van der Waals surface area contributed by atoms with Crippen LogP contribution in [0.15, 0.2) is 29.8 Å². The number of hydrogen-bond donors (Lipinski definition) is 2. The van der Waals surface area contributed by atoms with Crippen molar-refractivity contribution in [3.8, 4) is 0 Å². The van der Waals surface area contributed by atoms with Crippen LogP contribution in [0.5, 0.6) is 0 Å². The highest BCUT2D eigenvalue weighted by atomic mass is 32.1. The van der Waals surface area contributed by atoms with E-state index in [2.05, 4.69) is 31.1 Å². The number of nitrogens with two attached hydrogens (primary N) is 1. The molecule has 2 aromatic rings. The third-order valence-corrected chi connectivity index (χ3v) is 3.99. The van der Waals surface area contributed by atoms with Crippen LogP contribution in [0.2, 0.25) is 0 Å². The molecule has 0 bridgehead atoms. The first-order valence-corrected chi connectivity index (χ1v) is 7.82. The second kappa shape index (κ2) is 6.26. The van der Waals surface area contributed by atoms with Gasteiger partial charge in [-0.2, -0.15) is 0 Å². The lowest BCUT2D eigenvalue weighted by atomic mass is 9.91. The van der Waals surface area contributed by atoms with Crippen molar-refractivity contribution in [2.75, 3.05) is 12.3 Å². The molecule has 1 aromatic heterocycles. The lowest BCUT2D eigenvalue weighted by Crippen LogP contribution is -2.27. The number of amides is 1. The molecule has 0 fully saturated rings. The minimum atomic E-state index is -0.121. The predicted octanol–water partition coefficient (Wildman–Crippen LogP) is 3.00. The average Bonchev–Trinajstić information content (AvgIpc) is 2.90. The summed E-state index contributed by atoms with van der Waals surface area (Å²) in [5.74, 6) is -0.0436. The Bertz CT molecular complexity index is 611. The van der Waals surface area contributed by atoms with Gasteiger partial charge in [0.2, 0.25) is 0 Å². The van der Waals surface area contributed by atoms with Crippen molar-refractivity contribution in [2.24, 2.45) is 0 Å². The Kier molecular flexibility index (Phi) is 4.63. The summed E-state index contributed by atoms with van der Waals surface area (Å²) < 4.78 is 0. The van der Waals surface area contributed by atoms with E-state index in [0.717, 1.165) is 23.4 Å². The highest BCUT2D eigenvalue weighted by Gasteiger charge is 2.24. The van der Waals surface area contributed by atoms with E-state index in [-0.39, 0.29) is 11.3 Å². The van der Waals surface area contributed by atoms with Crippen LogP contribution in [0, 0.1) is 0 Å². The zero-order valence-corrected chi connectivity index (χ0v) is 13.5. The number of nitrogen functional groups attached to an aromatic ring is 1. The van der Waals surface area contributed by atoms with E-state index in [1.807, 2.05) is 24.3 Å². The van der Waals surface area contributed by atoms with Crippen LogP contribution in [0.3, 0.4) is 0 Å². The predicted molar refractivity (Wildman–Crippen MR) is 87.7 cm³/mol. The zero-order chi connectivity index (χ0) is 15.5. The summed E-state index contributed by atoms with van der Waals surface area (Å²) in [5.41, 5.74) is 10.0. The van der Waals surface area contributed by atoms with Crippen molar-refractivity contribution in [3.05, 3.63) is 45.9 Å². The average molecular weight is 303 g/mol. The van der Waals surface area contributed by atoms with Gasteiger partial charge in [-0.1, -0.05) is 32.9 Å². The van der Waals surface area contributed by atoms with Crippen molar-refractivity contribution < 1.29 is 4.79 Å². The van der Waals surface area contributed by atoms with Crippen LogP contribution in [-0.4, -0.2) is 17.4 Å². The van der Waals surface area contributed by atoms with Crippen molar-refractivity contribution >= 4 is 22.9 Å². The monoisotopic (exact) mass is 303 g/mol. The SMILES string of the molecule is CC(C)(C)c1ncsc1C(=O)NCCc1ccc(N)cc1. The zero-order valence-electron chi connectivity index (χ0n) is 12.6. The van der Waals surface area contributed by atoms with Crippen LogP contribution in [-0.2, 0) is 11.8 Å². The third kappa shape index (κ3) is 4.04. The lowest BCUT2D eigenvalue weighted by Gasteiger charge is -2.17. The van der Waals surface area contributed by atoms with Gasteiger partial charge in [0, 0.05) is 17.6 Å². The van der Waals surface area contributed by atoms with E-state index in [1.54, 1.807) is 5.51 Å². The van der Waals surface area contributed by atoms with E-state index in [0.29, 0.717) is 11.4 Å². The van der Waals surface area contributed by atoms with Gasteiger partial charge < -0.3 is 11.1 Å². The Hall–Kier alpha value is -1.88. The second-order valence-corrected chi connectivity index (χ2v) is 6.88. The van der Waals surface area contributed by atoms with Gasteiger partial charge in [0.05, 0.1) is 11.2 Å². The maximum absolute atomic E-state index is 12.3. The topological polar surface area (TPSA) is 68.0 Å². The smallest absolute Gasteiger partial charge is 0.263 e. The van der Waals surface area contributed by atoms with Crippen molar-refractivity contribution in [1.29, 1.82) is 0 Å². The summed E-state index contributed by atoms with van der Waals surface area (Å²) in [4.78, 5) is 17.3. The Morgan fingerprint density at radius 2 is 1.95 bits per heavy atom. The fourth-order valence-corrected chi connectivity index (χ4v) is 2.94. The van der Waals surface area contributed by atoms with E-state index in [9.17, 15) is 4.79 Å². The molecule has 0 saturated heterocycles. The van der Waals surface area contributed by atoms with E-state index in [4.69, 9.17) is 5.73 Å². The molecule has 0 spiro atoms. The fraction of sp³-hybridized carbons (Fsp3) is 0.375. The summed E-state index contributed by atoms with van der Waals surface area (Å²) in [5, 5.41) is 2.96. The third-order valence-electron chi connectivity index (χ3n) is 3.16. The van der Waals surface area contributed by atoms with Crippen LogP contribution in [0.4, 0.5) is 5.69 Å². The quantitative estimate of drug-likeness (QED) is 0.853. The number of anilines is 1. The first kappa shape index (κ1) is 15.5. The summed E-state index contributed by atoms with van der Waals surface area (Å²) in [6.07, 6.45) is 0.787. The van der Waals surface area contributed by atoms with Gasteiger partial charge in [0.15, 0.2) is 0 Å². The minimum absolute atomic E-state index is 0.0436. The van der Waals surface area contributed by atoms with Crippen LogP contribution >= 0.6 is 11.3 Å². The lowest BCUT2D eigenvalue weighted by molar-refractivity contribution is 0.0956. The highest BCUT2D eigenvalue weighted by molar-refractivity contribution is 7.11. The molecule has 4 nitrogen and oxygen atoms in total. The molecule has 0 atom stereocenters. The fourth-order valence-electron chi connectivity index (χ4n) is 2.03. The standard InChI is InChI=1S/C16H21N3OS/c1-16(2,3)14-13(21-10-19-14)15(20)18-9-8-11-4-6-12(17)7-5-11/h4-7,10H,8-9,17H2,1-3H3,(H,18,20). The number of carbonyl (C=O) groups excluding carboxylic acids is 1. The largest absolute Gasteiger partial charge is 0.399 e. The molecule has 1 aromatic carbocycles. The number of rotatable bonds is 4. The number of hydrogen-bond acceptors (Lipinski definition) is 4. The first-order chi connectivity index (χ1) is 9.88. The maximum Gasteiger partial charge on any atom is 0.263 e. The summed E-state index contributed by atoms with van der Waals surface area (Å²) in [6.45, 7) is 6.79. The summed E-state index contributed by atoms with van der Waals surface area (Å²) in [6, 6.07) is 7.71. The second-order valence-electron chi connectivity index (χ2n) is 6.03. The van der Waals surface area contributed by atoms with Crippen molar-refractivity contribution in [2.45, 2.75) is 32.6 Å². The van der Waals surface area contributed by atoms with Gasteiger partial charge in [0.25, 0.3) is 5.91 Å². The molecule has 0 aliphatic carbocycles. The number of nitrogens with one attached hydrogen (secondary N) is 1.